The van der Waals surface area contributed by atoms with Gasteiger partial charge in [-0.15, -0.1) is 0 Å². The fourth-order valence-electron chi connectivity index (χ4n) is 4.70. The number of nitro groups is 1. The summed E-state index contributed by atoms with van der Waals surface area (Å²) < 4.78 is 49.9. The molecule has 4 rings (SSSR count). The minimum absolute atomic E-state index is 0.0357. The lowest BCUT2D eigenvalue weighted by Crippen LogP contribution is -2.38. The van der Waals surface area contributed by atoms with Gasteiger partial charge in [0.2, 0.25) is 16.3 Å². The number of hydrogen-bond donors (Lipinski definition) is 3. The first-order chi connectivity index (χ1) is 22.6. The van der Waals surface area contributed by atoms with E-state index in [1.54, 1.807) is 13.2 Å². The zero-order chi connectivity index (χ0) is 33.8. The van der Waals surface area contributed by atoms with Gasteiger partial charge in [0, 0.05) is 44.6 Å². The van der Waals surface area contributed by atoms with Crippen molar-refractivity contribution >= 4 is 27.4 Å². The predicted molar refractivity (Wildman–Crippen MR) is 170 cm³/mol. The smallest absolute Gasteiger partial charge is 0.287 e. The fraction of sp³-hybridized carbons (Fsp3) is 0.355. The van der Waals surface area contributed by atoms with Crippen LogP contribution in [0.25, 0.3) is 0 Å². The Morgan fingerprint density at radius 3 is 2.32 bits per heavy atom. The molecule has 0 saturated carbocycles. The third kappa shape index (κ3) is 9.62. The summed E-state index contributed by atoms with van der Waals surface area (Å²) in [6.45, 7) is -0.205. The first-order valence-electron chi connectivity index (χ1n) is 14.7. The molecule has 2 heterocycles. The molecule has 0 radical (unpaired) electrons. The normalized spacial score (nSPS) is 16.1. The lowest BCUT2D eigenvalue weighted by atomic mass is 9.93. The Kier molecular flexibility index (Phi) is 12.5. The summed E-state index contributed by atoms with van der Waals surface area (Å²) in [5.74, 6) is 0.877. The van der Waals surface area contributed by atoms with E-state index in [0.29, 0.717) is 23.7 Å². The molecular weight excluding hydrogens is 634 g/mol. The molecule has 1 aromatic heterocycles. The molecule has 15 nitrogen and oxygen atoms in total. The van der Waals surface area contributed by atoms with Crippen molar-refractivity contribution < 1.29 is 42.2 Å². The van der Waals surface area contributed by atoms with Crippen molar-refractivity contribution in [1.82, 2.24) is 14.6 Å². The molecule has 2 aromatic carbocycles. The predicted octanol–water partition coefficient (Wildman–Crippen LogP) is 2.65. The Hall–Kier alpha value is -4.77. The third-order valence-corrected chi connectivity index (χ3v) is 9.10. The number of hydrogen-bond acceptors (Lipinski definition) is 12. The molecule has 0 aliphatic carbocycles. The Morgan fingerprint density at radius 1 is 1.04 bits per heavy atom. The first-order valence-corrected chi connectivity index (χ1v) is 16.1. The summed E-state index contributed by atoms with van der Waals surface area (Å²) in [5.41, 5.74) is 0.760. The first kappa shape index (κ1) is 35.1. The number of amides is 1. The van der Waals surface area contributed by atoms with Gasteiger partial charge in [-0.2, -0.15) is 4.31 Å². The fourth-order valence-corrected chi connectivity index (χ4v) is 6.12. The number of benzene rings is 2. The van der Waals surface area contributed by atoms with Crippen molar-refractivity contribution in [3.05, 3.63) is 94.4 Å². The zero-order valence-corrected chi connectivity index (χ0v) is 26.7. The van der Waals surface area contributed by atoms with Gasteiger partial charge in [0.25, 0.3) is 11.6 Å². The van der Waals surface area contributed by atoms with Crippen LogP contribution in [0.1, 0.15) is 17.9 Å². The highest BCUT2D eigenvalue weighted by molar-refractivity contribution is 7.89. The summed E-state index contributed by atoms with van der Waals surface area (Å²) in [7, 11) is -0.897. The van der Waals surface area contributed by atoms with E-state index in [1.165, 1.54) is 43.5 Å². The van der Waals surface area contributed by atoms with Crippen molar-refractivity contribution in [3.63, 3.8) is 0 Å². The summed E-state index contributed by atoms with van der Waals surface area (Å²) in [4.78, 5) is 27.4. The molecule has 1 amide bonds. The van der Waals surface area contributed by atoms with Crippen LogP contribution in [0.5, 0.6) is 11.5 Å². The Labute approximate surface area is 272 Å². The van der Waals surface area contributed by atoms with Crippen LogP contribution in [0.3, 0.4) is 0 Å². The minimum Gasteiger partial charge on any atom is -0.497 e. The van der Waals surface area contributed by atoms with Crippen LogP contribution < -0.4 is 20.1 Å². The van der Waals surface area contributed by atoms with Crippen LogP contribution in [0.2, 0.25) is 0 Å². The number of aliphatic hydroxyl groups excluding tert-OH is 1. The number of nitrogens with one attached hydrogen (secondary N) is 2. The van der Waals surface area contributed by atoms with E-state index in [0.717, 1.165) is 16.1 Å². The molecule has 252 valence electrons. The SMILES string of the molecule is COc1ccc([C@@H]2C=C(C(=O)NCCNc3ccc([N+](=O)[O-])cn3)O[C@H](OCCN(CCO)S(=O)(=O)c3ccc(OC)cc3)C2)cc1. The van der Waals surface area contributed by atoms with E-state index in [1.807, 2.05) is 24.3 Å². The Morgan fingerprint density at radius 2 is 1.72 bits per heavy atom. The lowest BCUT2D eigenvalue weighted by Gasteiger charge is -2.30. The van der Waals surface area contributed by atoms with Gasteiger partial charge in [-0.05, 0) is 54.1 Å². The molecule has 0 bridgehead atoms. The van der Waals surface area contributed by atoms with Crippen LogP contribution >= 0.6 is 0 Å². The number of carbonyl (C=O) groups is 1. The highest BCUT2D eigenvalue weighted by Crippen LogP contribution is 2.32. The second kappa shape index (κ2) is 16.7. The van der Waals surface area contributed by atoms with Crippen molar-refractivity contribution in [2.75, 3.05) is 58.9 Å². The van der Waals surface area contributed by atoms with E-state index >= 15 is 0 Å². The van der Waals surface area contributed by atoms with Gasteiger partial charge >= 0.3 is 0 Å². The molecule has 3 aromatic rings. The van der Waals surface area contributed by atoms with Crippen LogP contribution in [-0.2, 0) is 24.3 Å². The van der Waals surface area contributed by atoms with Gasteiger partial charge in [-0.25, -0.2) is 13.4 Å². The molecule has 0 spiro atoms. The summed E-state index contributed by atoms with van der Waals surface area (Å²) >= 11 is 0. The van der Waals surface area contributed by atoms with Gasteiger partial charge in [-0.3, -0.25) is 14.9 Å². The lowest BCUT2D eigenvalue weighted by molar-refractivity contribution is -0.385. The molecule has 47 heavy (non-hydrogen) atoms. The number of methoxy groups -OCH3 is 2. The van der Waals surface area contributed by atoms with E-state index in [2.05, 4.69) is 15.6 Å². The van der Waals surface area contributed by atoms with Crippen LogP contribution in [0, 0.1) is 10.1 Å². The maximum Gasteiger partial charge on any atom is 0.287 e. The number of aliphatic hydroxyl groups is 1. The summed E-state index contributed by atoms with van der Waals surface area (Å²) in [6, 6.07) is 16.1. The van der Waals surface area contributed by atoms with Gasteiger partial charge in [-0.1, -0.05) is 12.1 Å². The van der Waals surface area contributed by atoms with E-state index < -0.39 is 33.8 Å². The van der Waals surface area contributed by atoms with E-state index in [-0.39, 0.29) is 55.0 Å². The second-order valence-electron chi connectivity index (χ2n) is 10.2. The van der Waals surface area contributed by atoms with Gasteiger partial charge in [0.1, 0.15) is 23.5 Å². The number of allylic oxidation sites excluding steroid dienone is 1. The Bertz CT molecular complexity index is 1620. The van der Waals surface area contributed by atoms with Crippen LogP contribution in [-0.4, -0.2) is 93.5 Å². The molecule has 3 N–H and O–H groups in total. The monoisotopic (exact) mass is 671 g/mol. The minimum atomic E-state index is -3.95. The molecule has 1 aliphatic rings. The molecule has 0 unspecified atom stereocenters. The molecule has 2 atom stereocenters. The molecular formula is C31H37N5O10S. The summed E-state index contributed by atoms with van der Waals surface area (Å²) in [6.07, 6.45) is 2.31. The van der Waals surface area contributed by atoms with Crippen molar-refractivity contribution in [2.45, 2.75) is 23.5 Å². The number of pyridine rings is 1. The van der Waals surface area contributed by atoms with Gasteiger partial charge < -0.3 is 34.7 Å². The highest BCUT2D eigenvalue weighted by Gasteiger charge is 2.30. The highest BCUT2D eigenvalue weighted by atomic mass is 32.2. The second-order valence-corrected chi connectivity index (χ2v) is 12.1. The summed E-state index contributed by atoms with van der Waals surface area (Å²) in [5, 5.41) is 26.1. The van der Waals surface area contributed by atoms with Crippen molar-refractivity contribution in [1.29, 1.82) is 0 Å². The largest absolute Gasteiger partial charge is 0.497 e. The number of sulfonamides is 1. The topological polar surface area (TPSA) is 192 Å². The maximum absolute atomic E-state index is 13.3. The number of nitrogens with zero attached hydrogens (tertiary/aromatic N) is 3. The van der Waals surface area contributed by atoms with Gasteiger partial charge in [0.05, 0.1) is 37.3 Å². The van der Waals surface area contributed by atoms with Crippen LogP contribution in [0.4, 0.5) is 11.5 Å². The third-order valence-electron chi connectivity index (χ3n) is 7.19. The number of aromatic nitrogens is 1. The van der Waals surface area contributed by atoms with Crippen molar-refractivity contribution in [3.8, 4) is 11.5 Å². The molecule has 1 aliphatic heterocycles. The number of rotatable bonds is 17. The standard InChI is InChI=1S/C31H37N5O10S/c1-43-25-6-3-22(4-7-25)23-19-28(31(38)33-14-13-32-29-12-5-24(21-34-29)36(39)40)46-30(20-23)45-18-16-35(15-17-37)47(41,42)27-10-8-26(44-2)9-11-27/h3-12,19,21,23,30,37H,13-18,20H2,1-2H3,(H,32,34)(H,33,38)/t23-,30+/m1/s1. The quantitative estimate of drug-likeness (QED) is 0.108. The van der Waals surface area contributed by atoms with Gasteiger partial charge in [0.15, 0.2) is 5.76 Å². The van der Waals surface area contributed by atoms with E-state index in [4.69, 9.17) is 18.9 Å². The van der Waals surface area contributed by atoms with Crippen LogP contribution in [0.15, 0.2) is 83.6 Å². The average Bonchev–Trinajstić information content (AvgIpc) is 3.09. The Balaban J connectivity index is 1.39. The number of anilines is 1. The molecule has 16 heteroatoms. The molecule has 0 fully saturated rings. The number of ether oxygens (including phenoxy) is 4. The zero-order valence-electron chi connectivity index (χ0n) is 25.9. The average molecular weight is 672 g/mol. The van der Waals surface area contributed by atoms with Crippen molar-refractivity contribution in [2.24, 2.45) is 0 Å². The number of carbonyl (C=O) groups excluding carboxylic acids is 1. The van der Waals surface area contributed by atoms with E-state index in [9.17, 15) is 28.4 Å². The maximum atomic E-state index is 13.3. The molecule has 0 saturated heterocycles.